The zero-order valence-corrected chi connectivity index (χ0v) is 23.4. The van der Waals surface area contributed by atoms with Crippen molar-refractivity contribution < 1.29 is 24.2 Å². The predicted molar refractivity (Wildman–Crippen MR) is 156 cm³/mol. The minimum absolute atomic E-state index is 0.204. The van der Waals surface area contributed by atoms with Gasteiger partial charge in [-0.1, -0.05) is 42.5 Å². The van der Waals surface area contributed by atoms with Gasteiger partial charge in [0.2, 0.25) is 5.91 Å². The number of aromatic hydroxyl groups is 1. The number of likely N-dealkylation sites (N-methyl/N-ethyl adjacent to an activating group) is 1. The fraction of sp³-hybridized carbons (Fsp3) is 0.364. The molecule has 0 aromatic heterocycles. The molecular weight excluding hydrogens is 518 g/mol. The lowest BCUT2D eigenvalue weighted by atomic mass is 9.89. The second-order valence-corrected chi connectivity index (χ2v) is 10.8. The van der Waals surface area contributed by atoms with Crippen LogP contribution >= 0.6 is 0 Å². The molecule has 2 N–H and O–H groups in total. The number of aldehydes is 1. The third kappa shape index (κ3) is 6.60. The number of nitrogens with zero attached hydrogens (tertiary/aromatic N) is 2. The topological polar surface area (TPSA) is 99.2 Å². The average molecular weight is 556 g/mol. The number of phenolic OH excluding ortho intramolecular Hbond substituents is 1. The van der Waals surface area contributed by atoms with Crippen LogP contribution < -0.4 is 10.1 Å². The van der Waals surface area contributed by atoms with Gasteiger partial charge in [-0.3, -0.25) is 14.5 Å². The highest BCUT2D eigenvalue weighted by Gasteiger charge is 2.37. The summed E-state index contributed by atoms with van der Waals surface area (Å²) in [6, 6.07) is 20.8. The van der Waals surface area contributed by atoms with Crippen LogP contribution in [-0.2, 0) is 29.3 Å². The molecule has 2 amide bonds. The lowest BCUT2D eigenvalue weighted by Crippen LogP contribution is -2.46. The molecule has 0 saturated carbocycles. The van der Waals surface area contributed by atoms with Crippen LogP contribution in [0.2, 0.25) is 0 Å². The molecule has 0 radical (unpaired) electrons. The van der Waals surface area contributed by atoms with E-state index in [0.29, 0.717) is 29.6 Å². The first-order chi connectivity index (χ1) is 20.0. The van der Waals surface area contributed by atoms with Gasteiger partial charge >= 0.3 is 0 Å². The van der Waals surface area contributed by atoms with Crippen LogP contribution in [0.5, 0.6) is 11.5 Å². The molecule has 0 aliphatic carbocycles. The molecule has 8 nitrogen and oxygen atoms in total. The molecule has 2 aliphatic heterocycles. The van der Waals surface area contributed by atoms with Crippen LogP contribution in [0.4, 0.5) is 0 Å². The van der Waals surface area contributed by atoms with E-state index in [1.54, 1.807) is 24.3 Å². The van der Waals surface area contributed by atoms with Gasteiger partial charge in [0.25, 0.3) is 5.91 Å². The molecule has 1 atom stereocenters. The quantitative estimate of drug-likeness (QED) is 0.341. The lowest BCUT2D eigenvalue weighted by Gasteiger charge is -2.32. The molecule has 3 aromatic carbocycles. The Balaban J connectivity index is 1.15. The Kier molecular flexibility index (Phi) is 8.99. The number of rotatable bonds is 11. The molecule has 1 unspecified atom stereocenters. The number of carbonyl (C=O) groups excluding carboxylic acids is 3. The zero-order valence-electron chi connectivity index (χ0n) is 23.4. The Morgan fingerprint density at radius 3 is 2.44 bits per heavy atom. The van der Waals surface area contributed by atoms with Crippen molar-refractivity contribution in [3.05, 3.63) is 94.5 Å². The van der Waals surface area contributed by atoms with Gasteiger partial charge in [-0.05, 0) is 79.2 Å². The smallest absolute Gasteiger partial charge is 0.255 e. The zero-order chi connectivity index (χ0) is 28.8. The number of carbonyl (C=O) groups is 3. The van der Waals surface area contributed by atoms with Gasteiger partial charge in [0.05, 0.1) is 6.54 Å². The van der Waals surface area contributed by atoms with E-state index in [2.05, 4.69) is 34.5 Å². The number of fused-ring (bicyclic) bond motifs is 1. The third-order valence-electron chi connectivity index (χ3n) is 8.21. The summed E-state index contributed by atoms with van der Waals surface area (Å²) in [5.41, 5.74) is 4.90. The molecule has 8 heteroatoms. The summed E-state index contributed by atoms with van der Waals surface area (Å²) >= 11 is 0. The molecule has 41 heavy (non-hydrogen) atoms. The summed E-state index contributed by atoms with van der Waals surface area (Å²) in [5, 5.41) is 12.2. The molecule has 214 valence electrons. The SMILES string of the molecule is CNC(=O)C(CCC=O)N1Cc2c(OCc3ccc(CN4CCC(c5ccc(O)cc5)CC4)cc3)cccc2C1=O. The maximum Gasteiger partial charge on any atom is 0.255 e. The van der Waals surface area contributed by atoms with Crippen molar-refractivity contribution in [1.29, 1.82) is 0 Å². The Morgan fingerprint density at radius 2 is 1.76 bits per heavy atom. The predicted octanol–water partition coefficient (Wildman–Crippen LogP) is 4.40. The highest BCUT2D eigenvalue weighted by Crippen LogP contribution is 2.34. The fourth-order valence-corrected chi connectivity index (χ4v) is 5.86. The van der Waals surface area contributed by atoms with Gasteiger partial charge in [-0.2, -0.15) is 0 Å². The minimum Gasteiger partial charge on any atom is -0.508 e. The summed E-state index contributed by atoms with van der Waals surface area (Å²) in [4.78, 5) is 40.6. The van der Waals surface area contributed by atoms with Gasteiger partial charge in [0, 0.05) is 31.1 Å². The first kappa shape index (κ1) is 28.4. The first-order valence-electron chi connectivity index (χ1n) is 14.3. The van der Waals surface area contributed by atoms with Crippen LogP contribution in [0, 0.1) is 0 Å². The molecule has 2 heterocycles. The third-order valence-corrected chi connectivity index (χ3v) is 8.21. The van der Waals surface area contributed by atoms with E-state index < -0.39 is 6.04 Å². The Bertz CT molecular complexity index is 1360. The van der Waals surface area contributed by atoms with Crippen molar-refractivity contribution in [2.75, 3.05) is 20.1 Å². The summed E-state index contributed by atoms with van der Waals surface area (Å²) in [6.45, 7) is 3.63. The average Bonchev–Trinajstić information content (AvgIpc) is 3.34. The number of likely N-dealkylation sites (tertiary alicyclic amines) is 1. The second-order valence-electron chi connectivity index (χ2n) is 10.8. The number of hydrogen-bond acceptors (Lipinski definition) is 6. The minimum atomic E-state index is -0.705. The lowest BCUT2D eigenvalue weighted by molar-refractivity contribution is -0.125. The van der Waals surface area contributed by atoms with Crippen molar-refractivity contribution in [1.82, 2.24) is 15.1 Å². The Labute approximate surface area is 240 Å². The van der Waals surface area contributed by atoms with Crippen LogP contribution in [0.25, 0.3) is 0 Å². The number of amides is 2. The summed E-state index contributed by atoms with van der Waals surface area (Å²) < 4.78 is 6.17. The van der Waals surface area contributed by atoms with Crippen molar-refractivity contribution in [3.63, 3.8) is 0 Å². The number of piperidine rings is 1. The molecule has 5 rings (SSSR count). The standard InChI is InChI=1S/C33H37N3O5/c1-34-32(39)30(5-3-19-37)36-21-29-28(33(36)40)4-2-6-31(29)41-22-24-9-7-23(8-10-24)20-35-17-15-26(16-18-35)25-11-13-27(38)14-12-25/h2,4,6-14,19,26,30,38H,3,5,15-18,20-22H2,1H3,(H,34,39). The number of phenols is 1. The highest BCUT2D eigenvalue weighted by molar-refractivity contribution is 6.01. The number of ether oxygens (including phenoxy) is 1. The summed E-state index contributed by atoms with van der Waals surface area (Å²) in [7, 11) is 1.53. The molecule has 0 bridgehead atoms. The van der Waals surface area contributed by atoms with E-state index in [1.165, 1.54) is 23.1 Å². The molecule has 0 spiro atoms. The van der Waals surface area contributed by atoms with E-state index in [-0.39, 0.29) is 31.2 Å². The normalized spacial score (nSPS) is 16.3. The maximum atomic E-state index is 13.1. The maximum absolute atomic E-state index is 13.1. The van der Waals surface area contributed by atoms with Crippen molar-refractivity contribution in [2.24, 2.45) is 0 Å². The number of benzene rings is 3. The van der Waals surface area contributed by atoms with E-state index in [9.17, 15) is 19.5 Å². The molecule has 1 saturated heterocycles. The van der Waals surface area contributed by atoms with E-state index in [4.69, 9.17) is 4.74 Å². The second kappa shape index (κ2) is 13.0. The fourth-order valence-electron chi connectivity index (χ4n) is 5.86. The molecular formula is C33H37N3O5. The van der Waals surface area contributed by atoms with Crippen LogP contribution in [0.1, 0.15) is 64.2 Å². The monoisotopic (exact) mass is 555 g/mol. The summed E-state index contributed by atoms with van der Waals surface area (Å²) in [5.74, 6) is 0.982. The first-order valence-corrected chi connectivity index (χ1v) is 14.3. The Hall–Kier alpha value is -4.17. The summed E-state index contributed by atoms with van der Waals surface area (Å²) in [6.07, 6.45) is 3.47. The van der Waals surface area contributed by atoms with Crippen molar-refractivity contribution in [3.8, 4) is 11.5 Å². The van der Waals surface area contributed by atoms with Gasteiger partial charge in [0.1, 0.15) is 30.4 Å². The van der Waals surface area contributed by atoms with E-state index >= 15 is 0 Å². The Morgan fingerprint density at radius 1 is 1.05 bits per heavy atom. The van der Waals surface area contributed by atoms with Crippen LogP contribution in [0.15, 0.2) is 66.7 Å². The van der Waals surface area contributed by atoms with E-state index in [0.717, 1.165) is 49.9 Å². The van der Waals surface area contributed by atoms with Gasteiger partial charge in [0.15, 0.2) is 0 Å². The van der Waals surface area contributed by atoms with Gasteiger partial charge < -0.3 is 24.9 Å². The molecule has 3 aromatic rings. The largest absolute Gasteiger partial charge is 0.508 e. The van der Waals surface area contributed by atoms with Gasteiger partial charge in [-0.15, -0.1) is 0 Å². The van der Waals surface area contributed by atoms with Crippen LogP contribution in [0.3, 0.4) is 0 Å². The highest BCUT2D eigenvalue weighted by atomic mass is 16.5. The number of nitrogens with one attached hydrogen (secondary N) is 1. The molecule has 1 fully saturated rings. The number of hydrogen-bond donors (Lipinski definition) is 2. The van der Waals surface area contributed by atoms with E-state index in [1.807, 2.05) is 18.2 Å². The van der Waals surface area contributed by atoms with Crippen LogP contribution in [-0.4, -0.2) is 59.2 Å². The molecule has 2 aliphatic rings. The van der Waals surface area contributed by atoms with Crippen molar-refractivity contribution >= 4 is 18.1 Å². The van der Waals surface area contributed by atoms with Crippen molar-refractivity contribution in [2.45, 2.75) is 57.3 Å². The van der Waals surface area contributed by atoms with Gasteiger partial charge in [-0.25, -0.2) is 0 Å².